The Hall–Kier alpha value is -1.53. The molecule has 2 nitrogen and oxygen atoms in total. The molecule has 0 aromatic heterocycles. The van der Waals surface area contributed by atoms with Crippen LogP contribution in [0.5, 0.6) is 5.75 Å². The number of halogens is 4. The molecule has 1 N–H and O–H groups in total. The molecule has 0 aliphatic rings. The number of aliphatic hydroxyl groups excluding tert-OH is 1. The van der Waals surface area contributed by atoms with Gasteiger partial charge in [0.25, 0.3) is 0 Å². The van der Waals surface area contributed by atoms with Crippen molar-refractivity contribution in [3.63, 3.8) is 0 Å². The molecule has 0 bridgehead atoms. The van der Waals surface area contributed by atoms with Gasteiger partial charge in [-0.3, -0.25) is 0 Å². The summed E-state index contributed by atoms with van der Waals surface area (Å²) in [5.74, 6) is -2.90. The number of rotatable bonds is 4. The van der Waals surface area contributed by atoms with Crippen molar-refractivity contribution in [1.82, 2.24) is 0 Å². The highest BCUT2D eigenvalue weighted by Gasteiger charge is 2.18. The van der Waals surface area contributed by atoms with Gasteiger partial charge in [-0.15, -0.1) is 0 Å². The molecule has 0 spiro atoms. The lowest BCUT2D eigenvalue weighted by Crippen LogP contribution is -2.07. The zero-order chi connectivity index (χ0) is 15.6. The highest BCUT2D eigenvalue weighted by atomic mass is 79.9. The van der Waals surface area contributed by atoms with Crippen LogP contribution in [0.4, 0.5) is 13.2 Å². The van der Waals surface area contributed by atoms with E-state index in [4.69, 9.17) is 4.74 Å². The Labute approximate surface area is 128 Å². The summed E-state index contributed by atoms with van der Waals surface area (Å²) in [6.07, 6.45) is -1.27. The van der Waals surface area contributed by atoms with Crippen LogP contribution in [0.15, 0.2) is 34.8 Å². The monoisotopic (exact) mass is 360 g/mol. The lowest BCUT2D eigenvalue weighted by Gasteiger charge is -2.14. The zero-order valence-corrected chi connectivity index (χ0v) is 12.6. The maximum Gasteiger partial charge on any atom is 0.161 e. The van der Waals surface area contributed by atoms with E-state index in [2.05, 4.69) is 15.9 Å². The van der Waals surface area contributed by atoms with Crippen molar-refractivity contribution in [2.75, 3.05) is 7.11 Å². The summed E-state index contributed by atoms with van der Waals surface area (Å²) in [5.41, 5.74) is 0.370. The predicted octanol–water partition coefficient (Wildman–Crippen LogP) is 4.15. The van der Waals surface area contributed by atoms with Crippen molar-refractivity contribution in [2.24, 2.45) is 0 Å². The summed E-state index contributed by atoms with van der Waals surface area (Å²) in [5, 5.41) is 10.1. The van der Waals surface area contributed by atoms with Gasteiger partial charge in [0, 0.05) is 22.5 Å². The van der Waals surface area contributed by atoms with Crippen LogP contribution >= 0.6 is 15.9 Å². The van der Waals surface area contributed by atoms with Gasteiger partial charge in [-0.1, -0.05) is 15.9 Å². The SMILES string of the molecule is COc1ccc(Br)c(CC(O)c2cc(F)c(F)cc2F)c1. The van der Waals surface area contributed by atoms with Crippen molar-refractivity contribution >= 4 is 15.9 Å². The highest BCUT2D eigenvalue weighted by Crippen LogP contribution is 2.29. The second kappa shape index (κ2) is 6.49. The van der Waals surface area contributed by atoms with Crippen LogP contribution < -0.4 is 4.74 Å². The summed E-state index contributed by atoms with van der Waals surface area (Å²) in [7, 11) is 1.50. The molecule has 0 aliphatic carbocycles. The number of hydrogen-bond acceptors (Lipinski definition) is 2. The minimum atomic E-state index is -1.30. The minimum absolute atomic E-state index is 0.0276. The Kier molecular flexibility index (Phi) is 4.90. The van der Waals surface area contributed by atoms with Gasteiger partial charge in [0.1, 0.15) is 11.6 Å². The van der Waals surface area contributed by atoms with Gasteiger partial charge >= 0.3 is 0 Å². The van der Waals surface area contributed by atoms with Gasteiger partial charge in [0.2, 0.25) is 0 Å². The van der Waals surface area contributed by atoms with Gasteiger partial charge in [-0.25, -0.2) is 13.2 Å². The van der Waals surface area contributed by atoms with Crippen LogP contribution in [0.1, 0.15) is 17.2 Å². The van der Waals surface area contributed by atoms with Crippen molar-refractivity contribution < 1.29 is 23.0 Å². The molecule has 2 rings (SSSR count). The van der Waals surface area contributed by atoms with Gasteiger partial charge < -0.3 is 9.84 Å². The summed E-state index contributed by atoms with van der Waals surface area (Å²) >= 11 is 3.31. The molecule has 0 amide bonds. The molecule has 2 aromatic rings. The van der Waals surface area contributed by atoms with Gasteiger partial charge in [-0.05, 0) is 29.8 Å². The van der Waals surface area contributed by atoms with Gasteiger partial charge in [0.05, 0.1) is 13.2 Å². The second-order valence-corrected chi connectivity index (χ2v) is 5.32. The highest BCUT2D eigenvalue weighted by molar-refractivity contribution is 9.10. The molecule has 112 valence electrons. The average molecular weight is 361 g/mol. The first-order valence-electron chi connectivity index (χ1n) is 6.07. The summed E-state index contributed by atoms with van der Waals surface area (Å²) < 4.78 is 45.5. The van der Waals surface area contributed by atoms with E-state index in [9.17, 15) is 18.3 Å². The summed E-state index contributed by atoms with van der Waals surface area (Å²) in [6.45, 7) is 0. The van der Waals surface area contributed by atoms with Crippen LogP contribution in [-0.2, 0) is 6.42 Å². The standard InChI is InChI=1S/C15H12BrF3O2/c1-21-9-2-3-11(16)8(4-9)5-15(20)10-6-13(18)14(19)7-12(10)17/h2-4,6-7,15,20H,5H2,1H3. The fourth-order valence-corrected chi connectivity index (χ4v) is 2.35. The molecule has 0 aliphatic heterocycles. The fraction of sp³-hybridized carbons (Fsp3) is 0.200. The lowest BCUT2D eigenvalue weighted by molar-refractivity contribution is 0.172. The van der Waals surface area contributed by atoms with Crippen LogP contribution in [-0.4, -0.2) is 12.2 Å². The van der Waals surface area contributed by atoms with Gasteiger partial charge in [-0.2, -0.15) is 0 Å². The molecule has 0 heterocycles. The maximum atomic E-state index is 13.6. The smallest absolute Gasteiger partial charge is 0.161 e. The lowest BCUT2D eigenvalue weighted by atomic mass is 10.0. The molecule has 1 atom stereocenters. The Morgan fingerprint density at radius 1 is 1.10 bits per heavy atom. The molecule has 2 aromatic carbocycles. The molecule has 0 saturated heterocycles. The Morgan fingerprint density at radius 3 is 2.43 bits per heavy atom. The summed E-state index contributed by atoms with van der Waals surface area (Å²) in [4.78, 5) is 0. The molecule has 0 saturated carbocycles. The van der Waals surface area contributed by atoms with Crippen LogP contribution in [0.2, 0.25) is 0 Å². The van der Waals surface area contributed by atoms with E-state index in [0.29, 0.717) is 27.9 Å². The first-order valence-corrected chi connectivity index (χ1v) is 6.86. The third-order valence-corrected chi connectivity index (χ3v) is 3.84. The van der Waals surface area contributed by atoms with E-state index >= 15 is 0 Å². The van der Waals surface area contributed by atoms with Crippen molar-refractivity contribution in [2.45, 2.75) is 12.5 Å². The molecule has 1 unspecified atom stereocenters. The molecule has 21 heavy (non-hydrogen) atoms. The van der Waals surface area contributed by atoms with E-state index in [1.165, 1.54) is 7.11 Å². The Balaban J connectivity index is 2.30. The average Bonchev–Trinajstić information content (AvgIpc) is 2.45. The minimum Gasteiger partial charge on any atom is -0.497 e. The fourth-order valence-electron chi connectivity index (χ4n) is 1.95. The van der Waals surface area contributed by atoms with Crippen molar-refractivity contribution in [3.05, 3.63) is 63.4 Å². The first kappa shape index (κ1) is 15.9. The zero-order valence-electron chi connectivity index (χ0n) is 11.0. The molecular formula is C15H12BrF3O2. The van der Waals surface area contributed by atoms with E-state index in [0.717, 1.165) is 0 Å². The van der Waals surface area contributed by atoms with E-state index in [1.54, 1.807) is 18.2 Å². The number of methoxy groups -OCH3 is 1. The van der Waals surface area contributed by atoms with E-state index in [1.807, 2.05) is 0 Å². The van der Waals surface area contributed by atoms with Crippen molar-refractivity contribution in [1.29, 1.82) is 0 Å². The molecular weight excluding hydrogens is 349 g/mol. The Morgan fingerprint density at radius 2 is 1.76 bits per heavy atom. The molecule has 0 fully saturated rings. The van der Waals surface area contributed by atoms with Crippen LogP contribution in [0.3, 0.4) is 0 Å². The number of aliphatic hydroxyl groups is 1. The third kappa shape index (κ3) is 3.57. The number of ether oxygens (including phenoxy) is 1. The van der Waals surface area contributed by atoms with E-state index in [-0.39, 0.29) is 12.0 Å². The molecule has 6 heteroatoms. The first-order chi connectivity index (χ1) is 9.92. The summed E-state index contributed by atoms with van der Waals surface area (Å²) in [6, 6.07) is 6.21. The second-order valence-electron chi connectivity index (χ2n) is 4.47. The van der Waals surface area contributed by atoms with Gasteiger partial charge in [0.15, 0.2) is 11.6 Å². The normalized spacial score (nSPS) is 12.3. The quantitative estimate of drug-likeness (QED) is 0.830. The Bertz CT molecular complexity index is 662. The largest absolute Gasteiger partial charge is 0.497 e. The number of hydrogen-bond donors (Lipinski definition) is 1. The van der Waals surface area contributed by atoms with Crippen molar-refractivity contribution in [3.8, 4) is 5.75 Å². The predicted molar refractivity (Wildman–Crippen MR) is 75.7 cm³/mol. The van der Waals surface area contributed by atoms with Crippen LogP contribution in [0.25, 0.3) is 0 Å². The van der Waals surface area contributed by atoms with E-state index < -0.39 is 23.6 Å². The third-order valence-electron chi connectivity index (χ3n) is 3.06. The number of benzene rings is 2. The maximum absolute atomic E-state index is 13.6. The van der Waals surface area contributed by atoms with Crippen LogP contribution in [0, 0.1) is 17.5 Å². The molecule has 0 radical (unpaired) electrons. The topological polar surface area (TPSA) is 29.5 Å².